The van der Waals surface area contributed by atoms with E-state index in [4.69, 9.17) is 0 Å². The van der Waals surface area contributed by atoms with Gasteiger partial charge >= 0.3 is 0 Å². The van der Waals surface area contributed by atoms with Crippen molar-refractivity contribution in [3.8, 4) is 0 Å². The van der Waals surface area contributed by atoms with Crippen molar-refractivity contribution in [1.82, 2.24) is 0 Å². The number of allylic oxidation sites excluding steroid dienone is 2. The quantitative estimate of drug-likeness (QED) is 0.472. The fourth-order valence-electron chi connectivity index (χ4n) is 3.45. The lowest BCUT2D eigenvalue weighted by Gasteiger charge is -2.41. The van der Waals surface area contributed by atoms with Crippen molar-refractivity contribution >= 4 is 57.2 Å². The second-order valence-electron chi connectivity index (χ2n) is 6.94. The number of nitro benzene ring substituents is 1. The number of carbonyl (C=O) groups is 2. The first-order chi connectivity index (χ1) is 14.7. The Kier molecular flexibility index (Phi) is 5.36. The number of hydrogen-bond donors (Lipinski definition) is 0. The van der Waals surface area contributed by atoms with Crippen LogP contribution in [0.2, 0.25) is 0 Å². The number of nitro groups is 1. The summed E-state index contributed by atoms with van der Waals surface area (Å²) in [6.45, 7) is 4.82. The summed E-state index contributed by atoms with van der Waals surface area (Å²) in [5, 5.41) is 17.6. The standard InChI is InChI=1S/C21H18N4O4S2/c1-13-19(14(2)26)30-21(23(13)16-7-5-4-6-8-16)24(22-20(31-21)15(3)27)17-9-11-18(12-10-17)25(28)29/h4-12H,1-3H3. The van der Waals surface area contributed by atoms with Crippen LogP contribution in [0.1, 0.15) is 20.8 Å². The highest BCUT2D eigenvalue weighted by Crippen LogP contribution is 2.60. The number of rotatable bonds is 5. The van der Waals surface area contributed by atoms with E-state index in [-0.39, 0.29) is 17.3 Å². The number of para-hydroxylation sites is 1. The van der Waals surface area contributed by atoms with Gasteiger partial charge in [-0.3, -0.25) is 19.7 Å². The highest BCUT2D eigenvalue weighted by atomic mass is 32.2. The predicted molar refractivity (Wildman–Crippen MR) is 124 cm³/mol. The maximum atomic E-state index is 12.4. The number of benzene rings is 2. The summed E-state index contributed by atoms with van der Waals surface area (Å²) in [6, 6.07) is 15.5. The van der Waals surface area contributed by atoms with Crippen molar-refractivity contribution in [3.63, 3.8) is 0 Å². The summed E-state index contributed by atoms with van der Waals surface area (Å²) < 4.78 is -0.996. The first-order valence-electron chi connectivity index (χ1n) is 9.34. The van der Waals surface area contributed by atoms with E-state index in [0.29, 0.717) is 15.6 Å². The normalized spacial score (nSPS) is 20.4. The van der Waals surface area contributed by atoms with Crippen LogP contribution in [0.25, 0.3) is 0 Å². The number of anilines is 2. The van der Waals surface area contributed by atoms with Crippen molar-refractivity contribution in [2.75, 3.05) is 9.91 Å². The Labute approximate surface area is 187 Å². The van der Waals surface area contributed by atoms with Gasteiger partial charge in [0.05, 0.1) is 15.5 Å². The van der Waals surface area contributed by atoms with E-state index in [1.165, 1.54) is 49.5 Å². The third-order valence-corrected chi connectivity index (χ3v) is 7.90. The molecule has 0 aromatic heterocycles. The van der Waals surface area contributed by atoms with E-state index in [0.717, 1.165) is 11.4 Å². The van der Waals surface area contributed by atoms with E-state index in [1.54, 1.807) is 17.1 Å². The highest BCUT2D eigenvalue weighted by Gasteiger charge is 2.57. The van der Waals surface area contributed by atoms with Gasteiger partial charge in [-0.1, -0.05) is 30.0 Å². The number of non-ortho nitro benzene ring substituents is 1. The van der Waals surface area contributed by atoms with Crippen LogP contribution >= 0.6 is 23.5 Å². The Morgan fingerprint density at radius 2 is 1.61 bits per heavy atom. The molecule has 2 aromatic rings. The van der Waals surface area contributed by atoms with Gasteiger partial charge < -0.3 is 4.90 Å². The van der Waals surface area contributed by atoms with Gasteiger partial charge in [0.2, 0.25) is 4.33 Å². The minimum absolute atomic E-state index is 0.0434. The molecule has 158 valence electrons. The average Bonchev–Trinajstić information content (AvgIpc) is 3.27. The molecular weight excluding hydrogens is 436 g/mol. The van der Waals surface area contributed by atoms with Crippen LogP contribution in [0.5, 0.6) is 0 Å². The van der Waals surface area contributed by atoms with Gasteiger partial charge in [-0.05, 0) is 49.9 Å². The number of nitrogens with zero attached hydrogens (tertiary/aromatic N) is 4. The van der Waals surface area contributed by atoms with Gasteiger partial charge in [-0.25, -0.2) is 5.01 Å². The van der Waals surface area contributed by atoms with E-state index in [9.17, 15) is 19.7 Å². The van der Waals surface area contributed by atoms with E-state index in [2.05, 4.69) is 5.10 Å². The molecule has 0 amide bonds. The van der Waals surface area contributed by atoms with E-state index < -0.39 is 9.25 Å². The molecule has 0 N–H and O–H groups in total. The van der Waals surface area contributed by atoms with Crippen LogP contribution in [-0.4, -0.2) is 25.9 Å². The summed E-state index contributed by atoms with van der Waals surface area (Å²) in [5.41, 5.74) is 2.12. The molecule has 0 saturated heterocycles. The third kappa shape index (κ3) is 3.51. The number of hydrazone groups is 1. The maximum Gasteiger partial charge on any atom is 0.269 e. The average molecular weight is 455 g/mol. The van der Waals surface area contributed by atoms with Gasteiger partial charge in [-0.15, -0.1) is 0 Å². The van der Waals surface area contributed by atoms with Crippen LogP contribution < -0.4 is 9.91 Å². The zero-order valence-corrected chi connectivity index (χ0v) is 18.6. The van der Waals surface area contributed by atoms with Gasteiger partial charge in [-0.2, -0.15) is 5.10 Å². The van der Waals surface area contributed by atoms with Crippen molar-refractivity contribution in [2.24, 2.45) is 5.10 Å². The van der Waals surface area contributed by atoms with Crippen molar-refractivity contribution < 1.29 is 14.5 Å². The lowest BCUT2D eigenvalue weighted by atomic mass is 10.2. The summed E-state index contributed by atoms with van der Waals surface area (Å²) >= 11 is 2.58. The minimum atomic E-state index is -0.996. The molecule has 0 saturated carbocycles. The number of Topliss-reactive ketones (excluding diaryl/α,β-unsaturated/α-hetero) is 2. The lowest BCUT2D eigenvalue weighted by molar-refractivity contribution is -0.384. The third-order valence-electron chi connectivity index (χ3n) is 4.81. The topological polar surface area (TPSA) is 96.1 Å². The van der Waals surface area contributed by atoms with Gasteiger partial charge in [0.15, 0.2) is 16.6 Å². The number of thioether (sulfide) groups is 2. The second kappa shape index (κ2) is 7.86. The Morgan fingerprint density at radius 3 is 2.16 bits per heavy atom. The number of ketones is 2. The predicted octanol–water partition coefficient (Wildman–Crippen LogP) is 4.74. The second-order valence-corrected chi connectivity index (χ2v) is 9.54. The highest BCUT2D eigenvalue weighted by molar-refractivity contribution is 8.29. The molecule has 2 aliphatic heterocycles. The zero-order valence-electron chi connectivity index (χ0n) is 16.9. The van der Waals surface area contributed by atoms with Crippen molar-refractivity contribution in [3.05, 3.63) is 75.3 Å². The molecular formula is C21H18N4O4S2. The Morgan fingerprint density at radius 1 is 0.968 bits per heavy atom. The van der Waals surface area contributed by atoms with E-state index >= 15 is 0 Å². The molecule has 2 aromatic carbocycles. The fraction of sp³-hybridized carbons (Fsp3) is 0.190. The molecule has 4 rings (SSSR count). The number of hydrogen-bond acceptors (Lipinski definition) is 9. The van der Waals surface area contributed by atoms with Crippen LogP contribution in [-0.2, 0) is 9.59 Å². The van der Waals surface area contributed by atoms with Crippen molar-refractivity contribution in [1.29, 1.82) is 0 Å². The monoisotopic (exact) mass is 454 g/mol. The van der Waals surface area contributed by atoms with Crippen molar-refractivity contribution in [2.45, 2.75) is 25.1 Å². The molecule has 2 heterocycles. The SMILES string of the molecule is CC(=O)C1=NN(c2ccc([N+](=O)[O-])cc2)C2(S1)SC(C(C)=O)=C(C)N2c1ccccc1. The van der Waals surface area contributed by atoms with Crippen LogP contribution in [0.15, 0.2) is 70.3 Å². The molecule has 0 radical (unpaired) electrons. The molecule has 1 atom stereocenters. The van der Waals surface area contributed by atoms with Crippen LogP contribution in [0.4, 0.5) is 17.1 Å². The summed E-state index contributed by atoms with van der Waals surface area (Å²) in [6.07, 6.45) is 0. The smallest absolute Gasteiger partial charge is 0.269 e. The fourth-order valence-corrected chi connectivity index (χ4v) is 6.41. The first-order valence-corrected chi connectivity index (χ1v) is 11.0. The first kappa shape index (κ1) is 21.1. The summed E-state index contributed by atoms with van der Waals surface area (Å²) in [5.74, 6) is -0.280. The number of carbonyl (C=O) groups excluding carboxylic acids is 2. The lowest BCUT2D eigenvalue weighted by Crippen LogP contribution is -2.49. The molecule has 0 aliphatic carbocycles. The Bertz CT molecular complexity index is 1150. The minimum Gasteiger partial charge on any atom is -0.301 e. The largest absolute Gasteiger partial charge is 0.301 e. The molecule has 10 heteroatoms. The van der Waals surface area contributed by atoms with E-state index in [1.807, 2.05) is 42.2 Å². The van der Waals surface area contributed by atoms with Crippen LogP contribution in [0.3, 0.4) is 0 Å². The molecule has 0 bridgehead atoms. The summed E-state index contributed by atoms with van der Waals surface area (Å²) in [7, 11) is 0. The Hall–Kier alpha value is -3.11. The molecule has 8 nitrogen and oxygen atoms in total. The maximum absolute atomic E-state index is 12.4. The van der Waals surface area contributed by atoms with Gasteiger partial charge in [0, 0.05) is 30.4 Å². The molecule has 1 unspecified atom stereocenters. The molecule has 1 spiro atoms. The zero-order chi connectivity index (χ0) is 22.3. The molecule has 0 fully saturated rings. The summed E-state index contributed by atoms with van der Waals surface area (Å²) in [4.78, 5) is 37.9. The molecule has 31 heavy (non-hydrogen) atoms. The van der Waals surface area contributed by atoms with Gasteiger partial charge in [0.1, 0.15) is 0 Å². The Balaban J connectivity index is 1.89. The molecule has 2 aliphatic rings. The van der Waals surface area contributed by atoms with Gasteiger partial charge in [0.25, 0.3) is 5.69 Å². The van der Waals surface area contributed by atoms with Crippen LogP contribution in [0, 0.1) is 10.1 Å².